The number of carbonyl (C=O) groups is 1. The van der Waals surface area contributed by atoms with Crippen molar-refractivity contribution >= 4 is 17.7 Å². The number of nitriles is 1. The number of nitrogens with one attached hydrogen (secondary N) is 1. The minimum atomic E-state index is -0.351. The van der Waals surface area contributed by atoms with Gasteiger partial charge in [-0.2, -0.15) is 5.26 Å². The van der Waals surface area contributed by atoms with E-state index in [1.165, 1.54) is 0 Å². The molecule has 20 heavy (non-hydrogen) atoms. The summed E-state index contributed by atoms with van der Waals surface area (Å²) in [5.41, 5.74) is 0. The Morgan fingerprint density at radius 1 is 1.40 bits per heavy atom. The standard InChI is InChI=1S/C16H20N2OS/c1-13(11-17)12-18-15(19)16(9-5-6-10-16)20-14-7-3-2-4-8-14/h2-4,7-8,13H,5-6,9-10,12H2,1H3,(H,18,19)/t13-/m0/s1. The lowest BCUT2D eigenvalue weighted by atomic mass is 10.1. The lowest BCUT2D eigenvalue weighted by Gasteiger charge is -2.27. The number of nitrogens with zero attached hydrogens (tertiary/aromatic N) is 1. The number of hydrogen-bond donors (Lipinski definition) is 1. The highest BCUT2D eigenvalue weighted by molar-refractivity contribution is 8.01. The zero-order valence-electron chi connectivity index (χ0n) is 11.8. The smallest absolute Gasteiger partial charge is 0.236 e. The van der Waals surface area contributed by atoms with Crippen LogP contribution in [0.4, 0.5) is 0 Å². The summed E-state index contributed by atoms with van der Waals surface area (Å²) in [5.74, 6) is -0.0509. The number of benzene rings is 1. The van der Waals surface area contributed by atoms with Crippen LogP contribution in [0, 0.1) is 17.2 Å². The van der Waals surface area contributed by atoms with Gasteiger partial charge in [-0.15, -0.1) is 11.8 Å². The van der Waals surface area contributed by atoms with Crippen molar-refractivity contribution in [2.24, 2.45) is 5.92 Å². The van der Waals surface area contributed by atoms with Crippen molar-refractivity contribution in [1.82, 2.24) is 5.32 Å². The molecule has 0 aromatic heterocycles. The number of hydrogen-bond acceptors (Lipinski definition) is 3. The molecule has 1 aliphatic rings. The lowest BCUT2D eigenvalue weighted by Crippen LogP contribution is -2.43. The Bertz CT molecular complexity index is 489. The third kappa shape index (κ3) is 3.55. The van der Waals surface area contributed by atoms with Crippen LogP contribution >= 0.6 is 11.8 Å². The molecule has 1 saturated carbocycles. The van der Waals surface area contributed by atoms with Gasteiger partial charge in [-0.05, 0) is 31.9 Å². The molecule has 1 aromatic carbocycles. The van der Waals surface area contributed by atoms with Gasteiger partial charge in [0.2, 0.25) is 5.91 Å². The highest BCUT2D eigenvalue weighted by Gasteiger charge is 2.42. The van der Waals surface area contributed by atoms with Gasteiger partial charge in [0, 0.05) is 11.4 Å². The Balaban J connectivity index is 2.06. The number of thioether (sulfide) groups is 1. The second kappa shape index (κ2) is 6.81. The molecule has 0 bridgehead atoms. The van der Waals surface area contributed by atoms with E-state index in [4.69, 9.17) is 5.26 Å². The van der Waals surface area contributed by atoms with Crippen molar-refractivity contribution in [3.05, 3.63) is 30.3 Å². The minimum Gasteiger partial charge on any atom is -0.354 e. The Kier molecular flexibility index (Phi) is 5.08. The van der Waals surface area contributed by atoms with E-state index in [-0.39, 0.29) is 16.6 Å². The molecule has 0 heterocycles. The van der Waals surface area contributed by atoms with E-state index in [0.29, 0.717) is 6.54 Å². The summed E-state index contributed by atoms with van der Waals surface area (Å²) in [4.78, 5) is 13.7. The topological polar surface area (TPSA) is 52.9 Å². The van der Waals surface area contributed by atoms with Crippen molar-refractivity contribution in [2.75, 3.05) is 6.54 Å². The predicted octanol–water partition coefficient (Wildman–Crippen LogP) is 3.37. The van der Waals surface area contributed by atoms with Gasteiger partial charge < -0.3 is 5.32 Å². The number of carbonyl (C=O) groups excluding carboxylic acids is 1. The molecule has 1 amide bonds. The first kappa shape index (κ1) is 14.9. The largest absolute Gasteiger partial charge is 0.354 e. The molecule has 0 radical (unpaired) electrons. The van der Waals surface area contributed by atoms with Gasteiger partial charge in [-0.3, -0.25) is 4.79 Å². The first-order valence-corrected chi connectivity index (χ1v) is 7.90. The quantitative estimate of drug-likeness (QED) is 0.903. The SMILES string of the molecule is C[C@@H](C#N)CNC(=O)C1(Sc2ccccc2)CCCC1. The van der Waals surface area contributed by atoms with Gasteiger partial charge in [0.15, 0.2) is 0 Å². The average molecular weight is 288 g/mol. The molecule has 106 valence electrons. The fourth-order valence-corrected chi connectivity index (χ4v) is 3.89. The molecule has 0 unspecified atom stereocenters. The van der Waals surface area contributed by atoms with Crippen LogP contribution in [0.5, 0.6) is 0 Å². The zero-order chi connectivity index (χ0) is 14.4. The predicted molar refractivity (Wildman–Crippen MR) is 81.3 cm³/mol. The summed E-state index contributed by atoms with van der Waals surface area (Å²) in [6, 6.07) is 12.2. The van der Waals surface area contributed by atoms with E-state index < -0.39 is 0 Å². The van der Waals surface area contributed by atoms with Crippen LogP contribution in [-0.2, 0) is 4.79 Å². The molecule has 1 aromatic rings. The molecule has 0 spiro atoms. The van der Waals surface area contributed by atoms with Crippen LogP contribution in [0.15, 0.2) is 35.2 Å². The molecular formula is C16H20N2OS. The van der Waals surface area contributed by atoms with E-state index in [1.54, 1.807) is 11.8 Å². The van der Waals surface area contributed by atoms with Crippen molar-refractivity contribution in [3.8, 4) is 6.07 Å². The molecule has 0 saturated heterocycles. The number of rotatable bonds is 5. The van der Waals surface area contributed by atoms with Crippen molar-refractivity contribution in [1.29, 1.82) is 5.26 Å². The Morgan fingerprint density at radius 3 is 2.65 bits per heavy atom. The number of amides is 1. The van der Waals surface area contributed by atoms with Crippen LogP contribution in [-0.4, -0.2) is 17.2 Å². The Morgan fingerprint density at radius 2 is 2.05 bits per heavy atom. The van der Waals surface area contributed by atoms with Crippen LogP contribution in [0.2, 0.25) is 0 Å². The molecule has 3 nitrogen and oxygen atoms in total. The summed E-state index contributed by atoms with van der Waals surface area (Å²) < 4.78 is -0.351. The van der Waals surface area contributed by atoms with E-state index in [9.17, 15) is 4.79 Å². The average Bonchev–Trinajstić information content (AvgIpc) is 2.95. The molecule has 4 heteroatoms. The molecule has 1 atom stereocenters. The van der Waals surface area contributed by atoms with Crippen LogP contribution in [0.3, 0.4) is 0 Å². The molecule has 1 N–H and O–H groups in total. The van der Waals surface area contributed by atoms with Gasteiger partial charge in [0.25, 0.3) is 0 Å². The summed E-state index contributed by atoms with van der Waals surface area (Å²) in [5, 5.41) is 11.8. The van der Waals surface area contributed by atoms with Crippen LogP contribution in [0.1, 0.15) is 32.6 Å². The summed E-state index contributed by atoms with van der Waals surface area (Å²) in [6.07, 6.45) is 4.03. The van der Waals surface area contributed by atoms with Crippen molar-refractivity contribution in [2.45, 2.75) is 42.2 Å². The van der Waals surface area contributed by atoms with Crippen LogP contribution in [0.25, 0.3) is 0 Å². The molecule has 2 rings (SSSR count). The summed E-state index contributed by atoms with van der Waals surface area (Å²) >= 11 is 1.67. The molecule has 0 aliphatic heterocycles. The third-order valence-corrected chi connectivity index (χ3v) is 5.16. The van der Waals surface area contributed by atoms with Gasteiger partial charge >= 0.3 is 0 Å². The van der Waals surface area contributed by atoms with Crippen molar-refractivity contribution in [3.63, 3.8) is 0 Å². The van der Waals surface area contributed by atoms with Gasteiger partial charge in [-0.25, -0.2) is 0 Å². The van der Waals surface area contributed by atoms with Gasteiger partial charge in [0.1, 0.15) is 0 Å². The normalized spacial score (nSPS) is 18.2. The molecule has 1 fully saturated rings. The fraction of sp³-hybridized carbons (Fsp3) is 0.500. The zero-order valence-corrected chi connectivity index (χ0v) is 12.6. The summed E-state index contributed by atoms with van der Waals surface area (Å²) in [7, 11) is 0. The van der Waals surface area contributed by atoms with E-state index in [0.717, 1.165) is 30.6 Å². The third-order valence-electron chi connectivity index (χ3n) is 3.67. The second-order valence-corrected chi connectivity index (χ2v) is 6.81. The Hall–Kier alpha value is -1.47. The maximum absolute atomic E-state index is 12.6. The second-order valence-electron chi connectivity index (χ2n) is 5.36. The maximum Gasteiger partial charge on any atom is 0.236 e. The monoisotopic (exact) mass is 288 g/mol. The minimum absolute atomic E-state index is 0.0888. The van der Waals surface area contributed by atoms with Gasteiger partial charge in [0.05, 0.1) is 16.7 Å². The van der Waals surface area contributed by atoms with E-state index >= 15 is 0 Å². The maximum atomic E-state index is 12.6. The van der Waals surface area contributed by atoms with E-state index in [2.05, 4.69) is 23.5 Å². The first-order valence-electron chi connectivity index (χ1n) is 7.08. The van der Waals surface area contributed by atoms with Crippen LogP contribution < -0.4 is 5.32 Å². The first-order chi connectivity index (χ1) is 9.66. The lowest BCUT2D eigenvalue weighted by molar-refractivity contribution is -0.123. The highest BCUT2D eigenvalue weighted by atomic mass is 32.2. The highest BCUT2D eigenvalue weighted by Crippen LogP contribution is 2.45. The van der Waals surface area contributed by atoms with E-state index in [1.807, 2.05) is 25.1 Å². The Labute approximate surface area is 124 Å². The summed E-state index contributed by atoms with van der Waals surface area (Å²) in [6.45, 7) is 2.26. The van der Waals surface area contributed by atoms with Gasteiger partial charge in [-0.1, -0.05) is 31.0 Å². The fourth-order valence-electron chi connectivity index (χ4n) is 2.49. The molecule has 1 aliphatic carbocycles. The van der Waals surface area contributed by atoms with Crippen molar-refractivity contribution < 1.29 is 4.79 Å². The molecular weight excluding hydrogens is 268 g/mol.